The predicted molar refractivity (Wildman–Crippen MR) is 64.5 cm³/mol. The van der Waals surface area contributed by atoms with Crippen LogP contribution in [0.25, 0.3) is 0 Å². The van der Waals surface area contributed by atoms with Crippen molar-refractivity contribution in [3.8, 4) is 0 Å². The quantitative estimate of drug-likeness (QED) is 0.298. The van der Waals surface area contributed by atoms with E-state index in [-0.39, 0.29) is 0 Å². The maximum atomic E-state index is 10.9. The van der Waals surface area contributed by atoms with Crippen molar-refractivity contribution in [2.45, 2.75) is 51.4 Å². The summed E-state index contributed by atoms with van der Waals surface area (Å²) in [7, 11) is 0. The Balaban J connectivity index is 1.99. The first-order valence-corrected chi connectivity index (χ1v) is 6.28. The van der Waals surface area contributed by atoms with Gasteiger partial charge in [-0.05, 0) is 19.8 Å². The van der Waals surface area contributed by atoms with Crippen molar-refractivity contribution in [3.05, 3.63) is 12.7 Å². The van der Waals surface area contributed by atoms with Gasteiger partial charge in [0, 0.05) is 6.08 Å². The van der Waals surface area contributed by atoms with Gasteiger partial charge in [0.05, 0.1) is 19.3 Å². The number of ether oxygens (including phenoxy) is 3. The van der Waals surface area contributed by atoms with Crippen molar-refractivity contribution in [1.82, 2.24) is 0 Å². The van der Waals surface area contributed by atoms with Crippen molar-refractivity contribution in [3.63, 3.8) is 0 Å². The highest BCUT2D eigenvalue weighted by Crippen LogP contribution is 2.19. The molecule has 0 aromatic carbocycles. The monoisotopic (exact) mass is 242 g/mol. The fourth-order valence-electron chi connectivity index (χ4n) is 1.91. The lowest BCUT2D eigenvalue weighted by Crippen LogP contribution is -2.22. The van der Waals surface area contributed by atoms with Gasteiger partial charge in [0.25, 0.3) is 0 Å². The molecule has 0 N–H and O–H groups in total. The summed E-state index contributed by atoms with van der Waals surface area (Å²) in [5.74, 6) is -0.467. The zero-order chi connectivity index (χ0) is 12.5. The summed E-state index contributed by atoms with van der Waals surface area (Å²) in [5.41, 5.74) is 0. The van der Waals surface area contributed by atoms with Crippen LogP contribution in [0.5, 0.6) is 0 Å². The fourth-order valence-corrected chi connectivity index (χ4v) is 1.91. The SMILES string of the molecule is C=CC(=O)OC(C)OCCOC1CCCCC1. The molecular weight excluding hydrogens is 220 g/mol. The molecule has 0 heterocycles. The second-order valence-corrected chi connectivity index (χ2v) is 4.21. The van der Waals surface area contributed by atoms with Crippen LogP contribution in [0.15, 0.2) is 12.7 Å². The molecule has 98 valence electrons. The molecule has 1 unspecified atom stereocenters. The summed E-state index contributed by atoms with van der Waals surface area (Å²) < 4.78 is 15.8. The highest BCUT2D eigenvalue weighted by molar-refractivity contribution is 5.81. The third kappa shape index (κ3) is 6.44. The Kier molecular flexibility index (Phi) is 6.89. The second kappa shape index (κ2) is 8.25. The van der Waals surface area contributed by atoms with Gasteiger partial charge < -0.3 is 14.2 Å². The van der Waals surface area contributed by atoms with E-state index >= 15 is 0 Å². The van der Waals surface area contributed by atoms with Gasteiger partial charge in [0.15, 0.2) is 0 Å². The van der Waals surface area contributed by atoms with Crippen LogP contribution in [0.2, 0.25) is 0 Å². The molecule has 0 spiro atoms. The maximum absolute atomic E-state index is 10.9. The molecule has 0 radical (unpaired) electrons. The van der Waals surface area contributed by atoms with Gasteiger partial charge in [-0.2, -0.15) is 0 Å². The maximum Gasteiger partial charge on any atom is 0.332 e. The molecular formula is C13H22O4. The Labute approximate surface area is 103 Å². The lowest BCUT2D eigenvalue weighted by molar-refractivity contribution is -0.172. The van der Waals surface area contributed by atoms with Gasteiger partial charge in [-0.3, -0.25) is 0 Å². The Bertz CT molecular complexity index is 234. The number of carbonyl (C=O) groups excluding carboxylic acids is 1. The van der Waals surface area contributed by atoms with Crippen LogP contribution in [-0.4, -0.2) is 31.6 Å². The van der Waals surface area contributed by atoms with Gasteiger partial charge in [-0.15, -0.1) is 0 Å². The van der Waals surface area contributed by atoms with E-state index in [1.165, 1.54) is 19.3 Å². The summed E-state index contributed by atoms with van der Waals surface area (Å²) in [6, 6.07) is 0. The summed E-state index contributed by atoms with van der Waals surface area (Å²) in [4.78, 5) is 10.9. The Morgan fingerprint density at radius 3 is 2.71 bits per heavy atom. The van der Waals surface area contributed by atoms with Crippen LogP contribution in [0.4, 0.5) is 0 Å². The summed E-state index contributed by atoms with van der Waals surface area (Å²) >= 11 is 0. The van der Waals surface area contributed by atoms with Crippen LogP contribution in [0, 0.1) is 0 Å². The minimum absolute atomic E-state index is 0.387. The average Bonchev–Trinajstić information content (AvgIpc) is 2.36. The normalized spacial score (nSPS) is 18.6. The van der Waals surface area contributed by atoms with Gasteiger partial charge >= 0.3 is 5.97 Å². The largest absolute Gasteiger partial charge is 0.433 e. The molecule has 0 amide bonds. The molecule has 0 bridgehead atoms. The molecule has 1 aliphatic carbocycles. The van der Waals surface area contributed by atoms with Crippen molar-refractivity contribution in [1.29, 1.82) is 0 Å². The molecule has 4 nitrogen and oxygen atoms in total. The molecule has 1 atom stereocenters. The minimum Gasteiger partial charge on any atom is -0.433 e. The van der Waals surface area contributed by atoms with Crippen molar-refractivity contribution < 1.29 is 19.0 Å². The van der Waals surface area contributed by atoms with E-state index in [2.05, 4.69) is 6.58 Å². The van der Waals surface area contributed by atoms with Gasteiger partial charge in [0.1, 0.15) is 0 Å². The van der Waals surface area contributed by atoms with E-state index in [0.29, 0.717) is 19.3 Å². The van der Waals surface area contributed by atoms with E-state index in [0.717, 1.165) is 18.9 Å². The van der Waals surface area contributed by atoms with E-state index in [1.54, 1.807) is 6.92 Å². The zero-order valence-corrected chi connectivity index (χ0v) is 10.5. The van der Waals surface area contributed by atoms with Gasteiger partial charge in [-0.1, -0.05) is 25.8 Å². The number of hydrogen-bond acceptors (Lipinski definition) is 4. The van der Waals surface area contributed by atoms with Crippen LogP contribution in [-0.2, 0) is 19.0 Å². The minimum atomic E-state index is -0.546. The highest BCUT2D eigenvalue weighted by Gasteiger charge is 2.13. The van der Waals surface area contributed by atoms with Crippen molar-refractivity contribution in [2.24, 2.45) is 0 Å². The van der Waals surface area contributed by atoms with Crippen LogP contribution in [0.3, 0.4) is 0 Å². The highest BCUT2D eigenvalue weighted by atomic mass is 16.7. The second-order valence-electron chi connectivity index (χ2n) is 4.21. The lowest BCUT2D eigenvalue weighted by atomic mass is 9.98. The summed E-state index contributed by atoms with van der Waals surface area (Å²) in [6.07, 6.45) is 7.12. The van der Waals surface area contributed by atoms with E-state index in [1.807, 2.05) is 0 Å². The Hall–Kier alpha value is -0.870. The molecule has 0 saturated heterocycles. The first-order valence-electron chi connectivity index (χ1n) is 6.28. The molecule has 0 aromatic rings. The Morgan fingerprint density at radius 1 is 1.35 bits per heavy atom. The molecule has 1 fully saturated rings. The standard InChI is InChI=1S/C13H22O4/c1-3-13(14)17-11(2)15-9-10-16-12-7-5-4-6-8-12/h3,11-12H,1,4-10H2,2H3. The fraction of sp³-hybridized carbons (Fsp3) is 0.769. The average molecular weight is 242 g/mol. The van der Waals surface area contributed by atoms with Crippen LogP contribution < -0.4 is 0 Å². The third-order valence-corrected chi connectivity index (χ3v) is 2.79. The molecule has 1 saturated carbocycles. The molecule has 0 aliphatic heterocycles. The molecule has 0 aromatic heterocycles. The summed E-state index contributed by atoms with van der Waals surface area (Å²) in [6.45, 7) is 6.00. The van der Waals surface area contributed by atoms with E-state index in [4.69, 9.17) is 14.2 Å². The van der Waals surface area contributed by atoms with Crippen molar-refractivity contribution in [2.75, 3.05) is 13.2 Å². The van der Waals surface area contributed by atoms with E-state index in [9.17, 15) is 4.79 Å². The molecule has 4 heteroatoms. The molecule has 1 rings (SSSR count). The van der Waals surface area contributed by atoms with E-state index < -0.39 is 12.3 Å². The first-order chi connectivity index (χ1) is 8.22. The van der Waals surface area contributed by atoms with Crippen LogP contribution >= 0.6 is 0 Å². The predicted octanol–water partition coefficient (Wildman–Crippen LogP) is 2.43. The number of hydrogen-bond donors (Lipinski definition) is 0. The van der Waals surface area contributed by atoms with Crippen LogP contribution in [0.1, 0.15) is 39.0 Å². The number of esters is 1. The first kappa shape index (κ1) is 14.2. The third-order valence-electron chi connectivity index (χ3n) is 2.79. The number of rotatable bonds is 7. The van der Waals surface area contributed by atoms with Gasteiger partial charge in [0.2, 0.25) is 6.29 Å². The topological polar surface area (TPSA) is 44.8 Å². The molecule has 1 aliphatic rings. The van der Waals surface area contributed by atoms with Gasteiger partial charge in [-0.25, -0.2) is 4.79 Å². The summed E-state index contributed by atoms with van der Waals surface area (Å²) in [5, 5.41) is 0. The lowest BCUT2D eigenvalue weighted by Gasteiger charge is -2.22. The molecule has 17 heavy (non-hydrogen) atoms. The Morgan fingerprint density at radius 2 is 2.06 bits per heavy atom. The van der Waals surface area contributed by atoms with Crippen molar-refractivity contribution >= 4 is 5.97 Å². The smallest absolute Gasteiger partial charge is 0.332 e. The number of carbonyl (C=O) groups is 1. The zero-order valence-electron chi connectivity index (χ0n) is 10.5.